The molecule has 1 aromatic carbocycles. The maximum Gasteiger partial charge on any atom is 0.251 e. The molecule has 1 aromatic heterocycles. The molecule has 21 heavy (non-hydrogen) atoms. The zero-order valence-electron chi connectivity index (χ0n) is 12.2. The van der Waals surface area contributed by atoms with Crippen molar-refractivity contribution in [3.05, 3.63) is 42.0 Å². The molecule has 0 saturated heterocycles. The number of hydrogen-bond acceptors (Lipinski definition) is 4. The number of carbonyl (C=O) groups excluding carboxylic acids is 1. The van der Waals surface area contributed by atoms with Crippen molar-refractivity contribution in [2.75, 3.05) is 20.3 Å². The molecule has 0 fully saturated rings. The largest absolute Gasteiger partial charge is 0.493 e. The summed E-state index contributed by atoms with van der Waals surface area (Å²) >= 11 is 0. The van der Waals surface area contributed by atoms with Crippen molar-refractivity contribution in [3.8, 4) is 11.5 Å². The normalized spacial score (nSPS) is 10.2. The highest BCUT2D eigenvalue weighted by Gasteiger charge is 2.10. The number of nitrogens with zero attached hydrogens (tertiary/aromatic N) is 1. The molecule has 6 heteroatoms. The number of aromatic amines is 1. The van der Waals surface area contributed by atoms with Crippen molar-refractivity contribution in [1.29, 1.82) is 0 Å². The number of amides is 1. The van der Waals surface area contributed by atoms with E-state index in [-0.39, 0.29) is 5.91 Å². The van der Waals surface area contributed by atoms with Crippen LogP contribution in [0.25, 0.3) is 0 Å². The zero-order chi connectivity index (χ0) is 15.1. The number of nitrogens with one attached hydrogen (secondary N) is 2. The molecule has 0 aliphatic carbocycles. The van der Waals surface area contributed by atoms with Crippen molar-refractivity contribution in [2.45, 2.75) is 13.3 Å². The SMILES string of the molecule is CCOc1ccc(C(=O)NCCc2ncc[nH]2)cc1OC. The van der Waals surface area contributed by atoms with Gasteiger partial charge in [-0.1, -0.05) is 0 Å². The van der Waals surface area contributed by atoms with Gasteiger partial charge < -0.3 is 19.8 Å². The summed E-state index contributed by atoms with van der Waals surface area (Å²) in [7, 11) is 1.55. The van der Waals surface area contributed by atoms with Gasteiger partial charge in [0.2, 0.25) is 0 Å². The lowest BCUT2D eigenvalue weighted by Crippen LogP contribution is -2.26. The molecule has 2 rings (SSSR count). The molecular formula is C15H19N3O3. The highest BCUT2D eigenvalue weighted by molar-refractivity contribution is 5.94. The van der Waals surface area contributed by atoms with Gasteiger partial charge in [0, 0.05) is 30.9 Å². The lowest BCUT2D eigenvalue weighted by molar-refractivity contribution is 0.0953. The smallest absolute Gasteiger partial charge is 0.251 e. The fraction of sp³-hybridized carbons (Fsp3) is 0.333. The van der Waals surface area contributed by atoms with E-state index in [0.29, 0.717) is 36.6 Å². The Morgan fingerprint density at radius 3 is 2.90 bits per heavy atom. The average Bonchev–Trinajstić information content (AvgIpc) is 3.01. The average molecular weight is 289 g/mol. The number of methoxy groups -OCH3 is 1. The predicted octanol–water partition coefficient (Wildman–Crippen LogP) is 1.79. The fourth-order valence-corrected chi connectivity index (χ4v) is 1.91. The maximum atomic E-state index is 12.1. The molecular weight excluding hydrogens is 270 g/mol. The standard InChI is InChI=1S/C15H19N3O3/c1-3-21-12-5-4-11(10-13(12)20-2)15(19)18-7-6-14-16-8-9-17-14/h4-5,8-10H,3,6-7H2,1-2H3,(H,16,17)(H,18,19). The van der Waals surface area contributed by atoms with Crippen LogP contribution in [0.2, 0.25) is 0 Å². The molecule has 1 heterocycles. The zero-order valence-corrected chi connectivity index (χ0v) is 12.2. The molecule has 6 nitrogen and oxygen atoms in total. The molecule has 0 unspecified atom stereocenters. The Balaban J connectivity index is 1.95. The summed E-state index contributed by atoms with van der Waals surface area (Å²) in [6.45, 7) is 2.96. The van der Waals surface area contributed by atoms with Crippen LogP contribution in [0.5, 0.6) is 11.5 Å². The van der Waals surface area contributed by atoms with Gasteiger partial charge in [-0.05, 0) is 25.1 Å². The van der Waals surface area contributed by atoms with Gasteiger partial charge in [-0.15, -0.1) is 0 Å². The van der Waals surface area contributed by atoms with E-state index < -0.39 is 0 Å². The van der Waals surface area contributed by atoms with E-state index in [4.69, 9.17) is 9.47 Å². The number of imidazole rings is 1. The van der Waals surface area contributed by atoms with E-state index in [1.54, 1.807) is 37.7 Å². The first-order chi connectivity index (χ1) is 10.2. The predicted molar refractivity (Wildman–Crippen MR) is 78.8 cm³/mol. The Bertz CT molecular complexity index is 582. The first-order valence-electron chi connectivity index (χ1n) is 6.82. The van der Waals surface area contributed by atoms with E-state index in [0.717, 1.165) is 5.82 Å². The number of hydrogen-bond donors (Lipinski definition) is 2. The van der Waals surface area contributed by atoms with E-state index in [1.165, 1.54) is 0 Å². The van der Waals surface area contributed by atoms with Gasteiger partial charge in [-0.25, -0.2) is 4.98 Å². The molecule has 2 N–H and O–H groups in total. The van der Waals surface area contributed by atoms with Crippen LogP contribution in [-0.2, 0) is 6.42 Å². The molecule has 0 aliphatic heterocycles. The van der Waals surface area contributed by atoms with Crippen LogP contribution in [0.1, 0.15) is 23.1 Å². The van der Waals surface area contributed by atoms with Crippen LogP contribution >= 0.6 is 0 Å². The molecule has 112 valence electrons. The third-order valence-electron chi connectivity index (χ3n) is 2.93. The molecule has 0 atom stereocenters. The number of rotatable bonds is 7. The van der Waals surface area contributed by atoms with Gasteiger partial charge in [0.15, 0.2) is 11.5 Å². The summed E-state index contributed by atoms with van der Waals surface area (Å²) in [6, 6.07) is 5.13. The van der Waals surface area contributed by atoms with Crippen LogP contribution in [-0.4, -0.2) is 36.1 Å². The Morgan fingerprint density at radius 1 is 1.38 bits per heavy atom. The van der Waals surface area contributed by atoms with Crippen molar-refractivity contribution in [2.24, 2.45) is 0 Å². The summed E-state index contributed by atoms with van der Waals surface area (Å²) in [5.41, 5.74) is 0.537. The van der Waals surface area contributed by atoms with Gasteiger partial charge in [0.1, 0.15) is 5.82 Å². The lowest BCUT2D eigenvalue weighted by Gasteiger charge is -2.11. The molecule has 0 saturated carbocycles. The molecule has 0 bridgehead atoms. The summed E-state index contributed by atoms with van der Waals surface area (Å²) in [5, 5.41) is 2.84. The van der Waals surface area contributed by atoms with E-state index >= 15 is 0 Å². The minimum absolute atomic E-state index is 0.150. The first kappa shape index (κ1) is 14.9. The third kappa shape index (κ3) is 3.98. The Labute approximate surface area is 123 Å². The quantitative estimate of drug-likeness (QED) is 0.814. The van der Waals surface area contributed by atoms with Crippen LogP contribution in [0.15, 0.2) is 30.6 Å². The van der Waals surface area contributed by atoms with Gasteiger partial charge >= 0.3 is 0 Å². The van der Waals surface area contributed by atoms with Crippen molar-refractivity contribution in [1.82, 2.24) is 15.3 Å². The number of ether oxygens (including phenoxy) is 2. The molecule has 0 aliphatic rings. The second kappa shape index (κ2) is 7.33. The third-order valence-corrected chi connectivity index (χ3v) is 2.93. The Kier molecular flexibility index (Phi) is 5.20. The van der Waals surface area contributed by atoms with Gasteiger partial charge in [-0.3, -0.25) is 4.79 Å². The number of aromatic nitrogens is 2. The topological polar surface area (TPSA) is 76.2 Å². The highest BCUT2D eigenvalue weighted by atomic mass is 16.5. The van der Waals surface area contributed by atoms with Crippen molar-refractivity contribution in [3.63, 3.8) is 0 Å². The highest BCUT2D eigenvalue weighted by Crippen LogP contribution is 2.27. The molecule has 2 aromatic rings. The summed E-state index contributed by atoms with van der Waals surface area (Å²) in [6.07, 6.45) is 4.11. The van der Waals surface area contributed by atoms with Crippen molar-refractivity contribution >= 4 is 5.91 Å². The monoisotopic (exact) mass is 289 g/mol. The molecule has 1 amide bonds. The van der Waals surface area contributed by atoms with E-state index in [9.17, 15) is 4.79 Å². The summed E-state index contributed by atoms with van der Waals surface area (Å²) < 4.78 is 10.7. The van der Waals surface area contributed by atoms with E-state index in [1.807, 2.05) is 6.92 Å². The van der Waals surface area contributed by atoms with Crippen molar-refractivity contribution < 1.29 is 14.3 Å². The summed E-state index contributed by atoms with van der Waals surface area (Å²) in [5.74, 6) is 1.88. The Hall–Kier alpha value is -2.50. The lowest BCUT2D eigenvalue weighted by atomic mass is 10.2. The second-order valence-corrected chi connectivity index (χ2v) is 4.34. The van der Waals surface area contributed by atoms with Gasteiger partial charge in [0.25, 0.3) is 5.91 Å². The summed E-state index contributed by atoms with van der Waals surface area (Å²) in [4.78, 5) is 19.2. The fourth-order valence-electron chi connectivity index (χ4n) is 1.91. The minimum Gasteiger partial charge on any atom is -0.493 e. The number of carbonyl (C=O) groups is 1. The van der Waals surface area contributed by atoms with Crippen LogP contribution in [0.4, 0.5) is 0 Å². The Morgan fingerprint density at radius 2 is 2.24 bits per heavy atom. The number of benzene rings is 1. The molecule has 0 radical (unpaired) electrons. The van der Waals surface area contributed by atoms with Gasteiger partial charge in [-0.2, -0.15) is 0 Å². The molecule has 0 spiro atoms. The van der Waals surface area contributed by atoms with Crippen LogP contribution < -0.4 is 14.8 Å². The van der Waals surface area contributed by atoms with Crippen LogP contribution in [0, 0.1) is 0 Å². The van der Waals surface area contributed by atoms with E-state index in [2.05, 4.69) is 15.3 Å². The van der Waals surface area contributed by atoms with Crippen LogP contribution in [0.3, 0.4) is 0 Å². The minimum atomic E-state index is -0.150. The second-order valence-electron chi connectivity index (χ2n) is 4.34. The van der Waals surface area contributed by atoms with Gasteiger partial charge in [0.05, 0.1) is 13.7 Å². The number of H-pyrrole nitrogens is 1. The maximum absolute atomic E-state index is 12.1. The first-order valence-corrected chi connectivity index (χ1v) is 6.82.